The van der Waals surface area contributed by atoms with E-state index in [2.05, 4.69) is 15.3 Å². The lowest BCUT2D eigenvalue weighted by molar-refractivity contribution is -0.157. The second kappa shape index (κ2) is 7.17. The molecule has 0 spiro atoms. The van der Waals surface area contributed by atoms with E-state index in [-0.39, 0.29) is 12.5 Å². The summed E-state index contributed by atoms with van der Waals surface area (Å²) < 4.78 is 40.1. The van der Waals surface area contributed by atoms with Gasteiger partial charge >= 0.3 is 6.18 Å². The van der Waals surface area contributed by atoms with Gasteiger partial charge in [-0.05, 0) is 42.7 Å². The minimum absolute atomic E-state index is 0.0912. The second-order valence-corrected chi connectivity index (χ2v) is 5.94. The van der Waals surface area contributed by atoms with Gasteiger partial charge in [-0.3, -0.25) is 4.98 Å². The Bertz CT molecular complexity index is 633. The molecule has 0 amide bonds. The summed E-state index contributed by atoms with van der Waals surface area (Å²) in [5.41, 5.74) is 0.624. The molecule has 0 radical (unpaired) electrons. The topological polar surface area (TPSA) is 41.1 Å². The highest BCUT2D eigenvalue weighted by Gasteiger charge is 2.41. The number of hydrogen-bond acceptors (Lipinski definition) is 4. The maximum atomic E-state index is 13.4. The van der Waals surface area contributed by atoms with E-state index < -0.39 is 12.2 Å². The SMILES string of the molecule is FC(F)(F)[C@H](Cc1ccncc1)N[C@H]1CCN(c2ccccn2)C1. The minimum Gasteiger partial charge on any atom is -0.355 e. The molecule has 7 heteroatoms. The summed E-state index contributed by atoms with van der Waals surface area (Å²) in [6.45, 7) is 1.23. The van der Waals surface area contributed by atoms with E-state index in [4.69, 9.17) is 0 Å². The van der Waals surface area contributed by atoms with E-state index >= 15 is 0 Å². The van der Waals surface area contributed by atoms with Gasteiger partial charge in [0.15, 0.2) is 0 Å². The van der Waals surface area contributed by atoms with Crippen LogP contribution in [0.25, 0.3) is 0 Å². The molecule has 0 unspecified atom stereocenters. The lowest BCUT2D eigenvalue weighted by Crippen LogP contribution is -2.49. The van der Waals surface area contributed by atoms with Gasteiger partial charge in [0.05, 0.1) is 0 Å². The van der Waals surface area contributed by atoms with E-state index in [0.717, 1.165) is 5.82 Å². The molecule has 2 aromatic heterocycles. The number of alkyl halides is 3. The quantitative estimate of drug-likeness (QED) is 0.912. The third-order valence-electron chi connectivity index (χ3n) is 4.18. The number of aromatic nitrogens is 2. The molecule has 3 heterocycles. The van der Waals surface area contributed by atoms with Crippen LogP contribution in [0, 0.1) is 0 Å². The first-order valence-corrected chi connectivity index (χ1v) is 7.90. The summed E-state index contributed by atoms with van der Waals surface area (Å²) in [5, 5.41) is 2.79. The fourth-order valence-electron chi connectivity index (χ4n) is 2.95. The van der Waals surface area contributed by atoms with Crippen LogP contribution < -0.4 is 10.2 Å². The van der Waals surface area contributed by atoms with Gasteiger partial charge < -0.3 is 10.2 Å². The molecule has 1 N–H and O–H groups in total. The molecule has 0 aliphatic carbocycles. The number of nitrogens with one attached hydrogen (secondary N) is 1. The number of nitrogens with zero attached hydrogens (tertiary/aromatic N) is 3. The van der Waals surface area contributed by atoms with Crippen molar-refractivity contribution >= 4 is 5.82 Å². The molecule has 0 bridgehead atoms. The largest absolute Gasteiger partial charge is 0.404 e. The first-order chi connectivity index (χ1) is 11.5. The van der Waals surface area contributed by atoms with Crippen molar-refractivity contribution < 1.29 is 13.2 Å². The first-order valence-electron chi connectivity index (χ1n) is 7.90. The van der Waals surface area contributed by atoms with Crippen molar-refractivity contribution in [3.63, 3.8) is 0 Å². The van der Waals surface area contributed by atoms with Gasteiger partial charge in [-0.25, -0.2) is 4.98 Å². The van der Waals surface area contributed by atoms with Gasteiger partial charge in [0.2, 0.25) is 0 Å². The van der Waals surface area contributed by atoms with Crippen molar-refractivity contribution in [3.8, 4) is 0 Å². The summed E-state index contributed by atoms with van der Waals surface area (Å²) in [5.74, 6) is 0.805. The molecule has 1 fully saturated rings. The van der Waals surface area contributed by atoms with Gasteiger partial charge in [-0.15, -0.1) is 0 Å². The summed E-state index contributed by atoms with van der Waals surface area (Å²) in [6.07, 6.45) is 1.01. The van der Waals surface area contributed by atoms with E-state index in [1.807, 2.05) is 23.1 Å². The Kier molecular flexibility index (Phi) is 4.99. The number of pyridine rings is 2. The lowest BCUT2D eigenvalue weighted by atomic mass is 10.1. The van der Waals surface area contributed by atoms with Crippen LogP contribution in [0.4, 0.5) is 19.0 Å². The van der Waals surface area contributed by atoms with Crippen LogP contribution in [0.1, 0.15) is 12.0 Å². The third kappa shape index (κ3) is 4.23. The molecule has 24 heavy (non-hydrogen) atoms. The van der Waals surface area contributed by atoms with Gasteiger partial charge in [0, 0.05) is 37.7 Å². The first kappa shape index (κ1) is 16.7. The van der Waals surface area contributed by atoms with Crippen molar-refractivity contribution in [2.75, 3.05) is 18.0 Å². The molecule has 0 aromatic carbocycles. The second-order valence-electron chi connectivity index (χ2n) is 5.94. The zero-order valence-electron chi connectivity index (χ0n) is 13.1. The van der Waals surface area contributed by atoms with E-state index in [1.54, 1.807) is 18.3 Å². The fourth-order valence-corrected chi connectivity index (χ4v) is 2.95. The van der Waals surface area contributed by atoms with Crippen LogP contribution in [-0.2, 0) is 6.42 Å². The zero-order valence-corrected chi connectivity index (χ0v) is 13.1. The van der Waals surface area contributed by atoms with Crippen molar-refractivity contribution in [3.05, 3.63) is 54.5 Å². The maximum Gasteiger partial charge on any atom is 0.404 e. The van der Waals surface area contributed by atoms with Crippen molar-refractivity contribution in [1.29, 1.82) is 0 Å². The van der Waals surface area contributed by atoms with Crippen LogP contribution in [0.15, 0.2) is 48.9 Å². The normalized spacial score (nSPS) is 19.5. The van der Waals surface area contributed by atoms with Gasteiger partial charge in [-0.1, -0.05) is 6.07 Å². The molecule has 1 aliphatic heterocycles. The predicted molar refractivity (Wildman–Crippen MR) is 85.8 cm³/mol. The number of halogens is 3. The zero-order chi connectivity index (χ0) is 17.0. The molecule has 2 aromatic rings. The summed E-state index contributed by atoms with van der Waals surface area (Å²) in [7, 11) is 0. The lowest BCUT2D eigenvalue weighted by Gasteiger charge is -2.26. The highest BCUT2D eigenvalue weighted by atomic mass is 19.4. The van der Waals surface area contributed by atoms with Crippen LogP contribution in [-0.4, -0.2) is 41.3 Å². The average Bonchev–Trinajstić information content (AvgIpc) is 3.04. The van der Waals surface area contributed by atoms with Gasteiger partial charge in [0.25, 0.3) is 0 Å². The molecular formula is C17H19F3N4. The minimum atomic E-state index is -4.29. The smallest absolute Gasteiger partial charge is 0.355 e. The Morgan fingerprint density at radius 1 is 1.17 bits per heavy atom. The van der Waals surface area contributed by atoms with Crippen LogP contribution >= 0.6 is 0 Å². The van der Waals surface area contributed by atoms with Crippen molar-refractivity contribution in [2.24, 2.45) is 0 Å². The molecule has 128 valence electrons. The van der Waals surface area contributed by atoms with Crippen LogP contribution in [0.3, 0.4) is 0 Å². The van der Waals surface area contributed by atoms with Crippen LogP contribution in [0.5, 0.6) is 0 Å². The molecule has 0 saturated carbocycles. The molecule has 4 nitrogen and oxygen atoms in total. The van der Waals surface area contributed by atoms with E-state index in [0.29, 0.717) is 25.1 Å². The molecule has 1 saturated heterocycles. The Labute approximate surface area is 138 Å². The Hall–Kier alpha value is -2.15. The fraction of sp³-hybridized carbons (Fsp3) is 0.412. The predicted octanol–water partition coefficient (Wildman–Crippen LogP) is 2.82. The molecular weight excluding hydrogens is 317 g/mol. The maximum absolute atomic E-state index is 13.4. The van der Waals surface area contributed by atoms with Gasteiger partial charge in [-0.2, -0.15) is 13.2 Å². The highest BCUT2D eigenvalue weighted by molar-refractivity contribution is 5.39. The van der Waals surface area contributed by atoms with Crippen molar-refractivity contribution in [2.45, 2.75) is 31.1 Å². The number of hydrogen-bond donors (Lipinski definition) is 1. The highest BCUT2D eigenvalue weighted by Crippen LogP contribution is 2.25. The standard InChI is InChI=1S/C17H19F3N4/c18-17(19,20)15(11-13-4-8-21-9-5-13)23-14-6-10-24(12-14)16-3-1-2-7-22-16/h1-5,7-9,14-15,23H,6,10-12H2/t14-,15-/m0/s1. The Morgan fingerprint density at radius 3 is 2.62 bits per heavy atom. The van der Waals surface area contributed by atoms with Gasteiger partial charge in [0.1, 0.15) is 11.9 Å². The summed E-state index contributed by atoms with van der Waals surface area (Å²) in [6, 6.07) is 7.05. The summed E-state index contributed by atoms with van der Waals surface area (Å²) in [4.78, 5) is 10.1. The number of rotatable bonds is 5. The molecule has 2 atom stereocenters. The molecule has 3 rings (SSSR count). The Balaban J connectivity index is 1.63. The number of anilines is 1. The van der Waals surface area contributed by atoms with E-state index in [9.17, 15) is 13.2 Å². The monoisotopic (exact) mass is 336 g/mol. The Morgan fingerprint density at radius 2 is 1.96 bits per heavy atom. The third-order valence-corrected chi connectivity index (χ3v) is 4.18. The summed E-state index contributed by atoms with van der Waals surface area (Å²) >= 11 is 0. The van der Waals surface area contributed by atoms with Crippen molar-refractivity contribution in [1.82, 2.24) is 15.3 Å². The average molecular weight is 336 g/mol. The molecule has 1 aliphatic rings. The van der Waals surface area contributed by atoms with Crippen LogP contribution in [0.2, 0.25) is 0 Å². The van der Waals surface area contributed by atoms with E-state index in [1.165, 1.54) is 12.4 Å².